The summed E-state index contributed by atoms with van der Waals surface area (Å²) in [5.74, 6) is -2.12. The van der Waals surface area contributed by atoms with E-state index < -0.39 is 97.5 Å². The summed E-state index contributed by atoms with van der Waals surface area (Å²) in [4.78, 5) is 72.5. The molecule has 0 amide bonds. The first-order valence-electron chi connectivity index (χ1n) is 37.3. The van der Waals surface area contributed by atoms with Gasteiger partial charge in [-0.2, -0.15) is 0 Å². The van der Waals surface area contributed by atoms with Gasteiger partial charge in [-0.1, -0.05) is 323 Å². The number of hydrogen-bond acceptors (Lipinski definition) is 15. The van der Waals surface area contributed by atoms with Crippen LogP contribution in [-0.4, -0.2) is 96.7 Å². The van der Waals surface area contributed by atoms with E-state index in [1.807, 2.05) is 0 Å². The molecule has 90 heavy (non-hydrogen) atoms. The molecule has 0 aromatic heterocycles. The number of ether oxygens (including phenoxy) is 4. The summed E-state index contributed by atoms with van der Waals surface area (Å²) in [5.41, 5.74) is 0. The topological polar surface area (TPSA) is 237 Å². The predicted molar refractivity (Wildman–Crippen MR) is 363 cm³/mol. The Labute approximate surface area is 549 Å². The fourth-order valence-electron chi connectivity index (χ4n) is 10.9. The molecule has 0 radical (unpaired) electrons. The van der Waals surface area contributed by atoms with Crippen LogP contribution in [0, 0.1) is 0 Å². The molecule has 0 bridgehead atoms. The van der Waals surface area contributed by atoms with Gasteiger partial charge < -0.3 is 33.8 Å². The number of aliphatic hydroxyl groups is 1. The van der Waals surface area contributed by atoms with Gasteiger partial charge in [0.2, 0.25) is 0 Å². The average molecular weight is 1330 g/mol. The number of carbonyl (C=O) groups excluding carboxylic acids is 4. The number of rotatable bonds is 72. The highest BCUT2D eigenvalue weighted by atomic mass is 31.2. The van der Waals surface area contributed by atoms with Gasteiger partial charge in [0, 0.05) is 25.7 Å². The molecule has 0 heterocycles. The summed E-state index contributed by atoms with van der Waals surface area (Å²) in [6.07, 6.45) is 54.0. The molecule has 0 fully saturated rings. The van der Waals surface area contributed by atoms with E-state index in [2.05, 4.69) is 27.7 Å². The third kappa shape index (κ3) is 64.8. The smallest absolute Gasteiger partial charge is 0.462 e. The summed E-state index contributed by atoms with van der Waals surface area (Å²) in [6.45, 7) is 4.94. The van der Waals surface area contributed by atoms with E-state index in [4.69, 9.17) is 37.0 Å². The van der Waals surface area contributed by atoms with Gasteiger partial charge in [-0.3, -0.25) is 37.3 Å². The second kappa shape index (κ2) is 65.7. The van der Waals surface area contributed by atoms with E-state index in [-0.39, 0.29) is 25.7 Å². The lowest BCUT2D eigenvalue weighted by Crippen LogP contribution is -2.30. The molecule has 0 saturated carbocycles. The van der Waals surface area contributed by atoms with Gasteiger partial charge >= 0.3 is 39.5 Å². The molecule has 534 valence electrons. The van der Waals surface area contributed by atoms with Crippen LogP contribution < -0.4 is 0 Å². The van der Waals surface area contributed by atoms with Gasteiger partial charge in [0.05, 0.1) is 26.4 Å². The lowest BCUT2D eigenvalue weighted by molar-refractivity contribution is -0.161. The second-order valence-corrected chi connectivity index (χ2v) is 28.5. The highest BCUT2D eigenvalue weighted by molar-refractivity contribution is 7.47. The van der Waals surface area contributed by atoms with Crippen LogP contribution in [-0.2, 0) is 65.4 Å². The Morgan fingerprint density at radius 2 is 0.444 bits per heavy atom. The van der Waals surface area contributed by atoms with Gasteiger partial charge in [-0.25, -0.2) is 9.13 Å². The molecule has 2 unspecified atom stereocenters. The molecule has 3 N–H and O–H groups in total. The Balaban J connectivity index is 5.22. The van der Waals surface area contributed by atoms with Crippen molar-refractivity contribution in [3.05, 3.63) is 0 Å². The molecule has 0 spiro atoms. The molecule has 0 aromatic rings. The minimum atomic E-state index is -4.95. The maximum Gasteiger partial charge on any atom is 0.472 e. The van der Waals surface area contributed by atoms with E-state index in [1.54, 1.807) is 0 Å². The van der Waals surface area contributed by atoms with Gasteiger partial charge in [0.25, 0.3) is 0 Å². The normalized spacial score (nSPS) is 14.0. The Bertz CT molecular complexity index is 1720. The largest absolute Gasteiger partial charge is 0.472 e. The average Bonchev–Trinajstić information content (AvgIpc) is 3.66. The van der Waals surface area contributed by atoms with Crippen LogP contribution in [0.5, 0.6) is 0 Å². The van der Waals surface area contributed by atoms with Crippen molar-refractivity contribution in [1.29, 1.82) is 0 Å². The van der Waals surface area contributed by atoms with Crippen molar-refractivity contribution < 1.29 is 80.2 Å². The summed E-state index contributed by atoms with van der Waals surface area (Å²) >= 11 is 0. The number of phosphoric acid groups is 2. The SMILES string of the molecule is CCCCCCCCCCCCCCCCCCCC(=O)O[C@H](COC(=O)CCCCCCCCCCCCCCC)COP(=O)(O)OC[C@@H](O)COP(=O)(O)OC[C@@H](COC(=O)CCCCCCCCCCCC)OC(=O)CCCCCCCCCCCC. The molecule has 0 saturated heterocycles. The minimum absolute atomic E-state index is 0.107. The molecule has 0 aliphatic carbocycles. The van der Waals surface area contributed by atoms with E-state index in [0.717, 1.165) is 89.9 Å². The molecule has 17 nitrogen and oxygen atoms in total. The number of aliphatic hydroxyl groups excluding tert-OH is 1. The first-order chi connectivity index (χ1) is 43.7. The van der Waals surface area contributed by atoms with Gasteiger partial charge in [-0.15, -0.1) is 0 Å². The summed E-state index contributed by atoms with van der Waals surface area (Å²) < 4.78 is 68.3. The molecule has 0 rings (SSSR count). The summed E-state index contributed by atoms with van der Waals surface area (Å²) in [6, 6.07) is 0. The lowest BCUT2D eigenvalue weighted by Gasteiger charge is -2.21. The summed E-state index contributed by atoms with van der Waals surface area (Å²) in [5, 5.41) is 10.6. The van der Waals surface area contributed by atoms with Crippen LogP contribution in [0.3, 0.4) is 0 Å². The Kier molecular flexibility index (Phi) is 64.3. The van der Waals surface area contributed by atoms with Crippen molar-refractivity contribution in [3.63, 3.8) is 0 Å². The van der Waals surface area contributed by atoms with Crippen LogP contribution in [0.15, 0.2) is 0 Å². The minimum Gasteiger partial charge on any atom is -0.462 e. The predicted octanol–water partition coefficient (Wildman–Crippen LogP) is 20.7. The van der Waals surface area contributed by atoms with Gasteiger partial charge in [-0.05, 0) is 25.7 Å². The van der Waals surface area contributed by atoms with Gasteiger partial charge in [0.15, 0.2) is 12.2 Å². The quantitative estimate of drug-likeness (QED) is 0.0222. The van der Waals surface area contributed by atoms with E-state index >= 15 is 0 Å². The highest BCUT2D eigenvalue weighted by Crippen LogP contribution is 2.45. The zero-order chi connectivity index (χ0) is 66.1. The maximum atomic E-state index is 13.0. The van der Waals surface area contributed by atoms with Gasteiger partial charge in [0.1, 0.15) is 19.3 Å². The van der Waals surface area contributed by atoms with E-state index in [1.165, 1.54) is 205 Å². The van der Waals surface area contributed by atoms with Crippen molar-refractivity contribution in [2.75, 3.05) is 39.6 Å². The Morgan fingerprint density at radius 1 is 0.267 bits per heavy atom. The number of hydrogen-bond donors (Lipinski definition) is 3. The molecule has 5 atom stereocenters. The molecular formula is C71H138O17P2. The third-order valence-corrected chi connectivity index (χ3v) is 18.5. The van der Waals surface area contributed by atoms with Crippen molar-refractivity contribution in [2.24, 2.45) is 0 Å². The van der Waals surface area contributed by atoms with E-state index in [0.29, 0.717) is 25.7 Å². The Hall–Kier alpha value is -1.94. The molecule has 0 aliphatic rings. The highest BCUT2D eigenvalue weighted by Gasteiger charge is 2.30. The third-order valence-electron chi connectivity index (χ3n) is 16.6. The van der Waals surface area contributed by atoms with Crippen molar-refractivity contribution in [2.45, 2.75) is 393 Å². The van der Waals surface area contributed by atoms with Crippen LogP contribution in [0.1, 0.15) is 374 Å². The zero-order valence-corrected chi connectivity index (χ0v) is 59.9. The van der Waals surface area contributed by atoms with Crippen LogP contribution in [0.25, 0.3) is 0 Å². The fraction of sp³-hybridized carbons (Fsp3) is 0.944. The second-order valence-electron chi connectivity index (χ2n) is 25.6. The monoisotopic (exact) mass is 1320 g/mol. The summed E-state index contributed by atoms with van der Waals surface area (Å²) in [7, 11) is -9.90. The van der Waals surface area contributed by atoms with Crippen molar-refractivity contribution in [1.82, 2.24) is 0 Å². The maximum absolute atomic E-state index is 13.0. The number of carbonyl (C=O) groups is 4. The zero-order valence-electron chi connectivity index (χ0n) is 58.1. The number of unbranched alkanes of at least 4 members (excludes halogenated alkanes) is 46. The van der Waals surface area contributed by atoms with Crippen LogP contribution in [0.2, 0.25) is 0 Å². The van der Waals surface area contributed by atoms with Crippen LogP contribution in [0.4, 0.5) is 0 Å². The van der Waals surface area contributed by atoms with Crippen molar-refractivity contribution in [3.8, 4) is 0 Å². The lowest BCUT2D eigenvalue weighted by atomic mass is 10.0. The molecule has 19 heteroatoms. The number of phosphoric ester groups is 2. The van der Waals surface area contributed by atoms with Crippen molar-refractivity contribution >= 4 is 39.5 Å². The number of esters is 4. The fourth-order valence-corrected chi connectivity index (χ4v) is 12.4. The standard InChI is InChI=1S/C71H138O17P2/c1-5-9-13-17-21-25-29-31-32-33-34-36-38-42-46-50-54-58-71(76)88-67(62-82-69(74)56-52-48-44-41-37-35-30-26-22-18-14-10-6-2)64-86-90(79,80)84-60-65(72)59-83-89(77,78)85-63-66(87-70(75)57-53-49-45-40-28-24-20-16-12-8-4)61-81-68(73)55-51-47-43-39-27-23-19-15-11-7-3/h65-67,72H,5-64H2,1-4H3,(H,77,78)(H,79,80)/t65-,66+,67+/m0/s1. The first kappa shape index (κ1) is 88.1. The molecular weight excluding hydrogens is 1190 g/mol. The Morgan fingerprint density at radius 3 is 0.656 bits per heavy atom. The van der Waals surface area contributed by atoms with E-state index in [9.17, 15) is 43.2 Å². The molecule has 0 aromatic carbocycles. The first-order valence-corrected chi connectivity index (χ1v) is 40.3. The molecule has 0 aliphatic heterocycles. The van der Waals surface area contributed by atoms with Crippen LogP contribution >= 0.6 is 15.6 Å².